The summed E-state index contributed by atoms with van der Waals surface area (Å²) in [6.45, 7) is 3.71. The van der Waals surface area contributed by atoms with Crippen molar-refractivity contribution in [3.8, 4) is 11.4 Å². The maximum atomic E-state index is 11.2. The van der Waals surface area contributed by atoms with Gasteiger partial charge in [-0.15, -0.1) is 0 Å². The number of hydrogen-bond donors (Lipinski definition) is 1. The highest BCUT2D eigenvalue weighted by atomic mass is 16.1. The normalized spacial score (nSPS) is 10.6. The Hall–Kier alpha value is -1.64. The van der Waals surface area contributed by atoms with Crippen LogP contribution >= 0.6 is 0 Å². The van der Waals surface area contributed by atoms with E-state index in [1.165, 1.54) is 0 Å². The van der Waals surface area contributed by atoms with E-state index in [0.717, 1.165) is 11.3 Å². The second-order valence-corrected chi connectivity index (χ2v) is 3.19. The Balaban J connectivity index is 2.83. The predicted octanol–water partition coefficient (Wildman–Crippen LogP) is 1.49. The van der Waals surface area contributed by atoms with Crippen LogP contribution in [0.3, 0.4) is 0 Å². The molecule has 3 nitrogen and oxygen atoms in total. The molecule has 0 aromatic carbocycles. The second-order valence-electron chi connectivity index (χ2n) is 3.19. The fourth-order valence-corrected chi connectivity index (χ4v) is 1.29. The minimum atomic E-state index is -0.158. The summed E-state index contributed by atoms with van der Waals surface area (Å²) < 4.78 is 0. The molecule has 2 heterocycles. The van der Waals surface area contributed by atoms with Gasteiger partial charge in [0, 0.05) is 16.8 Å². The fourth-order valence-electron chi connectivity index (χ4n) is 1.29. The lowest BCUT2D eigenvalue weighted by molar-refractivity contribution is 1.08. The van der Waals surface area contributed by atoms with Crippen molar-refractivity contribution in [2.24, 2.45) is 0 Å². The lowest BCUT2D eigenvalue weighted by Gasteiger charge is -2.05. The third-order valence-electron chi connectivity index (χ3n) is 2.02. The molecule has 0 fully saturated rings. The van der Waals surface area contributed by atoms with E-state index in [4.69, 9.17) is 0 Å². The molecule has 0 saturated heterocycles. The average Bonchev–Trinajstić information content (AvgIpc) is 2.08. The number of aromatic nitrogens is 2. The summed E-state index contributed by atoms with van der Waals surface area (Å²) >= 11 is 0. The van der Waals surface area contributed by atoms with Crippen molar-refractivity contribution in [3.05, 3.63) is 39.8 Å². The number of aromatic amines is 1. The Kier molecular flexibility index (Phi) is 1.65. The third kappa shape index (κ3) is 1.33. The van der Waals surface area contributed by atoms with E-state index in [1.54, 1.807) is 6.92 Å². The van der Waals surface area contributed by atoms with Gasteiger partial charge in [0.25, 0.3) is 5.56 Å². The van der Waals surface area contributed by atoms with Crippen molar-refractivity contribution < 1.29 is 0 Å². The lowest BCUT2D eigenvalue weighted by atomic mass is 10.1. The third-order valence-corrected chi connectivity index (χ3v) is 2.02. The molecule has 0 saturated carbocycles. The minimum absolute atomic E-state index is 0.158. The fraction of sp³-hybridized carbons (Fsp3) is 0.200. The van der Waals surface area contributed by atoms with Crippen LogP contribution in [0.2, 0.25) is 0 Å². The summed E-state index contributed by atoms with van der Waals surface area (Å²) in [7, 11) is 0. The van der Waals surface area contributed by atoms with Crippen molar-refractivity contribution >= 4 is 0 Å². The molecule has 0 aliphatic carbocycles. The number of fused-ring (bicyclic) bond motifs is 1. The number of nitrogens with one attached hydrogen (secondary N) is 1. The van der Waals surface area contributed by atoms with Gasteiger partial charge in [-0.1, -0.05) is 0 Å². The van der Waals surface area contributed by atoms with Gasteiger partial charge in [0.05, 0.1) is 0 Å². The summed E-state index contributed by atoms with van der Waals surface area (Å²) in [4.78, 5) is 18.2. The molecule has 13 heavy (non-hydrogen) atoms. The molecule has 2 rings (SSSR count). The quantitative estimate of drug-likeness (QED) is 0.657. The standard InChI is InChI=1S/C10H10N2O/c1-6-5-8-4-3-7(2)11-9(8)12-10(6)13/h3-5H,1-2H3,(H,11,12,13). The molecule has 0 aromatic heterocycles. The zero-order valence-electron chi connectivity index (χ0n) is 7.59. The number of nitrogens with zero attached hydrogens (tertiary/aromatic N) is 1. The Morgan fingerprint density at radius 3 is 2.85 bits per heavy atom. The number of rotatable bonds is 0. The minimum Gasteiger partial charge on any atom is -0.343 e. The second kappa shape index (κ2) is 2.69. The van der Waals surface area contributed by atoms with Gasteiger partial charge in [-0.2, -0.15) is 4.98 Å². The van der Waals surface area contributed by atoms with E-state index in [0.29, 0.717) is 11.4 Å². The molecule has 0 unspecified atom stereocenters. The van der Waals surface area contributed by atoms with Crippen LogP contribution in [0.1, 0.15) is 11.3 Å². The highest BCUT2D eigenvalue weighted by Gasteiger charge is 2.05. The van der Waals surface area contributed by atoms with Crippen LogP contribution in [0.25, 0.3) is 11.4 Å². The van der Waals surface area contributed by atoms with Crippen molar-refractivity contribution in [1.29, 1.82) is 0 Å². The number of pyridine rings is 2. The zero-order valence-corrected chi connectivity index (χ0v) is 7.59. The molecule has 1 N–H and O–H groups in total. The zero-order chi connectivity index (χ0) is 9.42. The van der Waals surface area contributed by atoms with Crippen LogP contribution in [-0.4, -0.2) is 9.97 Å². The first-order chi connectivity index (χ1) is 6.16. The molecule has 0 amide bonds. The molecule has 66 valence electrons. The highest BCUT2D eigenvalue weighted by Crippen LogP contribution is 2.15. The van der Waals surface area contributed by atoms with Gasteiger partial charge in [-0.3, -0.25) is 4.79 Å². The van der Waals surface area contributed by atoms with Crippen LogP contribution in [0.5, 0.6) is 0 Å². The van der Waals surface area contributed by atoms with Crippen molar-refractivity contribution in [3.63, 3.8) is 0 Å². The van der Waals surface area contributed by atoms with Crippen molar-refractivity contribution in [2.75, 3.05) is 0 Å². The molecule has 0 aromatic rings. The number of aryl methyl sites for hydroxylation is 2. The topological polar surface area (TPSA) is 45.8 Å². The molecular weight excluding hydrogens is 164 g/mol. The molecule has 0 spiro atoms. The molecule has 3 heteroatoms. The summed E-state index contributed by atoms with van der Waals surface area (Å²) in [5.74, 6) is 0.663. The van der Waals surface area contributed by atoms with Crippen LogP contribution < -0.4 is 5.56 Å². The first kappa shape index (κ1) is 7.98. The van der Waals surface area contributed by atoms with Gasteiger partial charge in [-0.25, -0.2) is 0 Å². The van der Waals surface area contributed by atoms with Gasteiger partial charge in [0.2, 0.25) is 0 Å². The van der Waals surface area contributed by atoms with Gasteiger partial charge < -0.3 is 4.98 Å². The SMILES string of the molecule is Cc1ccc2cc(C)c(=O)nc-2[nH]1. The van der Waals surface area contributed by atoms with Crippen LogP contribution in [-0.2, 0) is 0 Å². The van der Waals surface area contributed by atoms with E-state index in [-0.39, 0.29) is 5.56 Å². The van der Waals surface area contributed by atoms with E-state index in [1.807, 2.05) is 25.1 Å². The van der Waals surface area contributed by atoms with E-state index >= 15 is 0 Å². The molecule has 0 bridgehead atoms. The summed E-state index contributed by atoms with van der Waals surface area (Å²) in [6, 6.07) is 5.77. The van der Waals surface area contributed by atoms with Gasteiger partial charge in [-0.05, 0) is 32.0 Å². The largest absolute Gasteiger partial charge is 0.343 e. The molecule has 2 aliphatic heterocycles. The van der Waals surface area contributed by atoms with Crippen molar-refractivity contribution in [1.82, 2.24) is 9.97 Å². The van der Waals surface area contributed by atoms with Crippen LogP contribution in [0, 0.1) is 13.8 Å². The Bertz CT molecular complexity index is 473. The van der Waals surface area contributed by atoms with Gasteiger partial charge in [0.1, 0.15) is 5.82 Å². The predicted molar refractivity (Wildman–Crippen MR) is 51.0 cm³/mol. The van der Waals surface area contributed by atoms with E-state index in [2.05, 4.69) is 9.97 Å². The van der Waals surface area contributed by atoms with Crippen LogP contribution in [0.4, 0.5) is 0 Å². The Morgan fingerprint density at radius 2 is 2.08 bits per heavy atom. The first-order valence-electron chi connectivity index (χ1n) is 4.14. The molecular formula is C10H10N2O. The molecule has 2 aliphatic rings. The number of H-pyrrole nitrogens is 1. The summed E-state index contributed by atoms with van der Waals surface area (Å²) in [6.07, 6.45) is 0. The lowest BCUT2D eigenvalue weighted by Crippen LogP contribution is -2.12. The van der Waals surface area contributed by atoms with E-state index in [9.17, 15) is 4.79 Å². The van der Waals surface area contributed by atoms with E-state index < -0.39 is 0 Å². The molecule has 0 atom stereocenters. The van der Waals surface area contributed by atoms with Gasteiger partial charge >= 0.3 is 0 Å². The maximum absolute atomic E-state index is 11.2. The molecule has 0 radical (unpaired) electrons. The van der Waals surface area contributed by atoms with Crippen molar-refractivity contribution in [2.45, 2.75) is 13.8 Å². The smallest absolute Gasteiger partial charge is 0.274 e. The highest BCUT2D eigenvalue weighted by molar-refractivity contribution is 5.57. The summed E-state index contributed by atoms with van der Waals surface area (Å²) in [5, 5.41) is 0. The average molecular weight is 174 g/mol. The maximum Gasteiger partial charge on any atom is 0.274 e. The number of hydrogen-bond acceptors (Lipinski definition) is 2. The Labute approximate surface area is 75.8 Å². The monoisotopic (exact) mass is 174 g/mol. The first-order valence-corrected chi connectivity index (χ1v) is 4.14. The Morgan fingerprint density at radius 1 is 1.31 bits per heavy atom. The van der Waals surface area contributed by atoms with Gasteiger partial charge in [0.15, 0.2) is 0 Å². The van der Waals surface area contributed by atoms with Crippen LogP contribution in [0.15, 0.2) is 23.0 Å². The summed E-state index contributed by atoms with van der Waals surface area (Å²) in [5.41, 5.74) is 2.50.